The average Bonchev–Trinajstić information content (AvgIpc) is 2.83. The molecule has 0 spiro atoms. The van der Waals surface area contributed by atoms with Crippen molar-refractivity contribution in [2.24, 2.45) is 0 Å². The van der Waals surface area contributed by atoms with Gasteiger partial charge in [0.15, 0.2) is 10.8 Å². The number of nitrogens with zero attached hydrogens (tertiary/aromatic N) is 1. The normalized spacial score (nSPS) is 10.6. The highest BCUT2D eigenvalue weighted by molar-refractivity contribution is 9.10. The van der Waals surface area contributed by atoms with E-state index in [1.807, 2.05) is 6.07 Å². The van der Waals surface area contributed by atoms with Crippen LogP contribution in [0.1, 0.15) is 11.3 Å². The van der Waals surface area contributed by atoms with Crippen LogP contribution in [0.4, 0.5) is 0 Å². The number of aromatic nitrogens is 1. The zero-order valence-electron chi connectivity index (χ0n) is 8.14. The SMILES string of the molecule is O=C(O)CCc1sc(-c2ccco2)nc1Br. The Hall–Kier alpha value is -1.14. The molecule has 2 rings (SSSR count). The third-order valence-electron chi connectivity index (χ3n) is 1.95. The van der Waals surface area contributed by atoms with E-state index in [0.29, 0.717) is 16.8 Å². The maximum Gasteiger partial charge on any atom is 0.303 e. The standard InChI is InChI=1S/C10H8BrNO3S/c11-9-7(3-4-8(13)14)16-10(12-9)6-2-1-5-15-6/h1-2,5H,3-4H2,(H,13,14). The molecule has 0 fully saturated rings. The van der Waals surface area contributed by atoms with Crippen LogP contribution in [0.15, 0.2) is 27.4 Å². The number of thiazole rings is 1. The minimum Gasteiger partial charge on any atom is -0.481 e. The molecule has 0 saturated carbocycles. The van der Waals surface area contributed by atoms with Crippen LogP contribution in [-0.4, -0.2) is 16.1 Å². The molecule has 0 aliphatic heterocycles. The summed E-state index contributed by atoms with van der Waals surface area (Å²) < 4.78 is 5.92. The Bertz CT molecular complexity index is 492. The number of halogens is 1. The van der Waals surface area contributed by atoms with Gasteiger partial charge < -0.3 is 9.52 Å². The average molecular weight is 302 g/mol. The molecule has 2 aromatic rings. The van der Waals surface area contributed by atoms with E-state index in [9.17, 15) is 4.79 Å². The van der Waals surface area contributed by atoms with Crippen molar-refractivity contribution in [2.75, 3.05) is 0 Å². The topological polar surface area (TPSA) is 63.3 Å². The molecule has 2 aromatic heterocycles. The summed E-state index contributed by atoms with van der Waals surface area (Å²) in [6.07, 6.45) is 2.17. The molecular weight excluding hydrogens is 294 g/mol. The molecule has 0 radical (unpaired) electrons. The molecule has 4 nitrogen and oxygen atoms in total. The van der Waals surface area contributed by atoms with Crippen LogP contribution in [0.2, 0.25) is 0 Å². The van der Waals surface area contributed by atoms with Gasteiger partial charge >= 0.3 is 5.97 Å². The highest BCUT2D eigenvalue weighted by Gasteiger charge is 2.13. The number of carboxylic acids is 1. The second-order valence-corrected chi connectivity index (χ2v) is 4.94. The molecular formula is C10H8BrNO3S. The van der Waals surface area contributed by atoms with Crippen molar-refractivity contribution in [2.45, 2.75) is 12.8 Å². The molecule has 84 valence electrons. The van der Waals surface area contributed by atoms with E-state index >= 15 is 0 Å². The van der Waals surface area contributed by atoms with Gasteiger partial charge in [-0.3, -0.25) is 4.79 Å². The van der Waals surface area contributed by atoms with Gasteiger partial charge in [-0.05, 0) is 34.5 Å². The number of rotatable bonds is 4. The number of furan rings is 1. The Kier molecular flexibility index (Phi) is 3.40. The van der Waals surface area contributed by atoms with Gasteiger partial charge in [-0.15, -0.1) is 11.3 Å². The van der Waals surface area contributed by atoms with Crippen molar-refractivity contribution >= 4 is 33.2 Å². The largest absolute Gasteiger partial charge is 0.481 e. The fourth-order valence-electron chi connectivity index (χ4n) is 1.21. The number of carboxylic acid groups (broad SMARTS) is 1. The van der Waals surface area contributed by atoms with Gasteiger partial charge in [0.1, 0.15) is 4.60 Å². The summed E-state index contributed by atoms with van der Waals surface area (Å²) in [6, 6.07) is 3.62. The predicted molar refractivity (Wildman–Crippen MR) is 63.5 cm³/mol. The van der Waals surface area contributed by atoms with Crippen LogP contribution in [-0.2, 0) is 11.2 Å². The first-order valence-corrected chi connectivity index (χ1v) is 6.18. The van der Waals surface area contributed by atoms with E-state index in [1.54, 1.807) is 12.3 Å². The number of aliphatic carboxylic acids is 1. The van der Waals surface area contributed by atoms with Gasteiger partial charge in [0.05, 0.1) is 12.7 Å². The van der Waals surface area contributed by atoms with Crippen LogP contribution >= 0.6 is 27.3 Å². The first-order chi connectivity index (χ1) is 7.66. The smallest absolute Gasteiger partial charge is 0.303 e. The number of aryl methyl sites for hydroxylation is 1. The zero-order valence-corrected chi connectivity index (χ0v) is 10.5. The molecule has 0 amide bonds. The Labute approximate surface area is 104 Å². The maximum atomic E-state index is 10.5. The van der Waals surface area contributed by atoms with E-state index in [0.717, 1.165) is 9.88 Å². The molecule has 6 heteroatoms. The monoisotopic (exact) mass is 301 g/mol. The molecule has 1 N–H and O–H groups in total. The third-order valence-corrected chi connectivity index (χ3v) is 4.00. The van der Waals surface area contributed by atoms with Crippen LogP contribution in [0.5, 0.6) is 0 Å². The Morgan fingerprint density at radius 3 is 3.06 bits per heavy atom. The zero-order chi connectivity index (χ0) is 11.5. The maximum absolute atomic E-state index is 10.5. The summed E-state index contributed by atoms with van der Waals surface area (Å²) in [5.41, 5.74) is 0. The van der Waals surface area contributed by atoms with Gasteiger partial charge in [-0.2, -0.15) is 0 Å². The van der Waals surface area contributed by atoms with Gasteiger partial charge in [-0.25, -0.2) is 4.98 Å². The highest BCUT2D eigenvalue weighted by Crippen LogP contribution is 2.32. The number of carbonyl (C=O) groups is 1. The molecule has 0 atom stereocenters. The Morgan fingerprint density at radius 1 is 1.62 bits per heavy atom. The lowest BCUT2D eigenvalue weighted by atomic mass is 10.3. The van der Waals surface area contributed by atoms with Crippen molar-refractivity contribution in [3.8, 4) is 10.8 Å². The van der Waals surface area contributed by atoms with Crippen molar-refractivity contribution in [1.29, 1.82) is 0 Å². The second-order valence-electron chi connectivity index (χ2n) is 3.10. The van der Waals surface area contributed by atoms with Crippen LogP contribution in [0, 0.1) is 0 Å². The molecule has 0 unspecified atom stereocenters. The van der Waals surface area contributed by atoms with Crippen molar-refractivity contribution in [1.82, 2.24) is 4.98 Å². The predicted octanol–water partition coefficient (Wildman–Crippen LogP) is 3.18. The Balaban J connectivity index is 2.19. The van der Waals surface area contributed by atoms with Gasteiger partial charge in [0.25, 0.3) is 0 Å². The van der Waals surface area contributed by atoms with Gasteiger partial charge in [0, 0.05) is 4.88 Å². The summed E-state index contributed by atoms with van der Waals surface area (Å²) in [5.74, 6) is -0.105. The molecule has 0 bridgehead atoms. The second kappa shape index (κ2) is 4.80. The molecule has 16 heavy (non-hydrogen) atoms. The fourth-order valence-corrected chi connectivity index (χ4v) is 2.87. The van der Waals surface area contributed by atoms with E-state index in [4.69, 9.17) is 9.52 Å². The van der Waals surface area contributed by atoms with E-state index in [1.165, 1.54) is 11.3 Å². The number of hydrogen-bond acceptors (Lipinski definition) is 4. The summed E-state index contributed by atoms with van der Waals surface area (Å²) >= 11 is 4.76. The molecule has 0 aliphatic carbocycles. The number of hydrogen-bond donors (Lipinski definition) is 1. The minimum atomic E-state index is -0.806. The van der Waals surface area contributed by atoms with Crippen molar-refractivity contribution < 1.29 is 14.3 Å². The van der Waals surface area contributed by atoms with Crippen LogP contribution < -0.4 is 0 Å². The lowest BCUT2D eigenvalue weighted by Crippen LogP contribution is -1.96. The highest BCUT2D eigenvalue weighted by atomic mass is 79.9. The molecule has 0 aromatic carbocycles. The summed E-state index contributed by atoms with van der Waals surface area (Å²) in [7, 11) is 0. The third kappa shape index (κ3) is 2.51. The van der Waals surface area contributed by atoms with Crippen molar-refractivity contribution in [3.05, 3.63) is 27.9 Å². The first-order valence-electron chi connectivity index (χ1n) is 4.57. The Morgan fingerprint density at radius 2 is 2.44 bits per heavy atom. The quantitative estimate of drug-likeness (QED) is 0.942. The van der Waals surface area contributed by atoms with Crippen LogP contribution in [0.25, 0.3) is 10.8 Å². The fraction of sp³-hybridized carbons (Fsp3) is 0.200. The van der Waals surface area contributed by atoms with E-state index < -0.39 is 5.97 Å². The molecule has 0 saturated heterocycles. The lowest BCUT2D eigenvalue weighted by molar-refractivity contribution is -0.136. The van der Waals surface area contributed by atoms with Crippen LogP contribution in [0.3, 0.4) is 0 Å². The van der Waals surface area contributed by atoms with Crippen molar-refractivity contribution in [3.63, 3.8) is 0 Å². The van der Waals surface area contributed by atoms with E-state index in [-0.39, 0.29) is 6.42 Å². The van der Waals surface area contributed by atoms with E-state index in [2.05, 4.69) is 20.9 Å². The summed E-state index contributed by atoms with van der Waals surface area (Å²) in [5, 5.41) is 9.37. The minimum absolute atomic E-state index is 0.110. The summed E-state index contributed by atoms with van der Waals surface area (Å²) in [6.45, 7) is 0. The summed E-state index contributed by atoms with van der Waals surface area (Å²) in [4.78, 5) is 15.7. The lowest BCUT2D eigenvalue weighted by Gasteiger charge is -1.91. The molecule has 0 aliphatic rings. The first kappa shape index (κ1) is 11.3. The van der Waals surface area contributed by atoms with Gasteiger partial charge in [0.2, 0.25) is 0 Å². The van der Waals surface area contributed by atoms with Gasteiger partial charge in [-0.1, -0.05) is 0 Å². The molecule has 2 heterocycles.